The van der Waals surface area contributed by atoms with Crippen molar-refractivity contribution in [2.24, 2.45) is 5.92 Å². The van der Waals surface area contributed by atoms with Gasteiger partial charge in [0, 0.05) is 11.4 Å². The van der Waals surface area contributed by atoms with E-state index in [9.17, 15) is 9.90 Å². The lowest BCUT2D eigenvalue weighted by atomic mass is 9.94. The third kappa shape index (κ3) is 4.29. The van der Waals surface area contributed by atoms with Crippen LogP contribution < -0.4 is 14.2 Å². The number of rotatable bonds is 7. The maximum atomic E-state index is 11.6. The number of benzene rings is 1. The molecule has 0 radical (unpaired) electrons. The predicted octanol–water partition coefficient (Wildman–Crippen LogP) is 4.42. The highest BCUT2D eigenvalue weighted by Crippen LogP contribution is 2.44. The number of likely N-dealkylation sites (tertiary alicyclic amines) is 1. The summed E-state index contributed by atoms with van der Waals surface area (Å²) in [7, 11) is 4.77. The minimum atomic E-state index is -0.735. The van der Waals surface area contributed by atoms with E-state index in [0.29, 0.717) is 30.2 Å². The summed E-state index contributed by atoms with van der Waals surface area (Å²) in [6.45, 7) is 1.34. The molecule has 3 rings (SSSR count). The van der Waals surface area contributed by atoms with Crippen LogP contribution in [0.5, 0.6) is 17.2 Å². The van der Waals surface area contributed by atoms with Gasteiger partial charge in [-0.25, -0.2) is 0 Å². The number of thiophene rings is 1. The van der Waals surface area contributed by atoms with Gasteiger partial charge >= 0.3 is 5.97 Å². The maximum absolute atomic E-state index is 11.6. The van der Waals surface area contributed by atoms with Crippen LogP contribution in [0.1, 0.15) is 29.3 Å². The summed E-state index contributed by atoms with van der Waals surface area (Å²) in [6, 6.07) is 7.90. The normalized spacial score (nSPS) is 18.5. The smallest absolute Gasteiger partial charge is 0.307 e. The number of hydrogen-bond donors (Lipinski definition) is 1. The first kappa shape index (κ1) is 21.0. The molecule has 2 aromatic rings. The molecule has 0 spiro atoms. The monoisotopic (exact) mass is 469 g/mol. The van der Waals surface area contributed by atoms with E-state index in [0.717, 1.165) is 27.2 Å². The molecule has 1 aliphatic rings. The van der Waals surface area contributed by atoms with Gasteiger partial charge in [-0.3, -0.25) is 9.69 Å². The quantitative estimate of drug-likeness (QED) is 0.646. The number of piperidine rings is 1. The molecule has 8 heteroatoms. The van der Waals surface area contributed by atoms with Crippen molar-refractivity contribution in [1.29, 1.82) is 0 Å². The van der Waals surface area contributed by atoms with E-state index in [2.05, 4.69) is 26.9 Å². The number of halogens is 1. The fourth-order valence-corrected chi connectivity index (χ4v) is 5.32. The minimum absolute atomic E-state index is 0.0906. The second-order valence-corrected chi connectivity index (χ2v) is 9.17. The zero-order valence-electron chi connectivity index (χ0n) is 16.1. The Balaban J connectivity index is 2.08. The number of ether oxygens (including phenoxy) is 3. The van der Waals surface area contributed by atoms with Crippen LogP contribution in [0.2, 0.25) is 0 Å². The molecule has 1 aromatic heterocycles. The van der Waals surface area contributed by atoms with Gasteiger partial charge in [0.25, 0.3) is 0 Å². The number of aliphatic carboxylic acids is 1. The van der Waals surface area contributed by atoms with Crippen molar-refractivity contribution in [3.8, 4) is 17.2 Å². The van der Waals surface area contributed by atoms with Gasteiger partial charge in [0.15, 0.2) is 11.5 Å². The standard InChI is InChI=1S/C20H24BrNO5S/c1-25-14-9-13(10-15(26-2)19(14)27-3)18(16-6-7-17(21)28-16)22-8-4-5-12(11-22)20(23)24/h6-7,9-10,12,18H,4-5,8,11H2,1-3H3,(H,23,24). The average molecular weight is 470 g/mol. The van der Waals surface area contributed by atoms with Gasteiger partial charge in [-0.1, -0.05) is 0 Å². The molecule has 0 bridgehead atoms. The van der Waals surface area contributed by atoms with Crippen LogP contribution in [-0.4, -0.2) is 50.4 Å². The van der Waals surface area contributed by atoms with Crippen molar-refractivity contribution in [1.82, 2.24) is 4.90 Å². The number of carboxylic acid groups (broad SMARTS) is 1. The summed E-state index contributed by atoms with van der Waals surface area (Å²) >= 11 is 5.19. The Morgan fingerprint density at radius 2 is 1.89 bits per heavy atom. The Bertz CT molecular complexity index is 815. The SMILES string of the molecule is COc1cc(C(c2ccc(Br)s2)N2CCCC(C(=O)O)C2)cc(OC)c1OC. The summed E-state index contributed by atoms with van der Waals surface area (Å²) in [5.74, 6) is 0.623. The van der Waals surface area contributed by atoms with Crippen LogP contribution in [-0.2, 0) is 4.79 Å². The Morgan fingerprint density at radius 3 is 2.39 bits per heavy atom. The van der Waals surface area contributed by atoms with E-state index in [4.69, 9.17) is 14.2 Å². The second-order valence-electron chi connectivity index (χ2n) is 6.68. The third-order valence-corrected chi connectivity index (χ3v) is 6.71. The average Bonchev–Trinajstić information content (AvgIpc) is 3.13. The molecule has 1 N–H and O–H groups in total. The predicted molar refractivity (Wildman–Crippen MR) is 112 cm³/mol. The topological polar surface area (TPSA) is 68.2 Å². The van der Waals surface area contributed by atoms with Crippen molar-refractivity contribution in [3.05, 3.63) is 38.5 Å². The number of hydrogen-bond acceptors (Lipinski definition) is 6. The first-order chi connectivity index (χ1) is 13.5. The lowest BCUT2D eigenvalue weighted by molar-refractivity contribution is -0.143. The van der Waals surface area contributed by atoms with Gasteiger partial charge in [0.1, 0.15) is 0 Å². The van der Waals surface area contributed by atoms with Crippen molar-refractivity contribution < 1.29 is 24.1 Å². The highest BCUT2D eigenvalue weighted by Gasteiger charge is 2.33. The minimum Gasteiger partial charge on any atom is -0.493 e. The van der Waals surface area contributed by atoms with Crippen LogP contribution in [0.15, 0.2) is 28.1 Å². The Labute approximate surface area is 177 Å². The highest BCUT2D eigenvalue weighted by molar-refractivity contribution is 9.11. The molecular formula is C20H24BrNO5S. The van der Waals surface area contributed by atoms with Gasteiger partial charge in [-0.05, 0) is 65.1 Å². The van der Waals surface area contributed by atoms with Crippen molar-refractivity contribution in [3.63, 3.8) is 0 Å². The van der Waals surface area contributed by atoms with Crippen molar-refractivity contribution >= 4 is 33.2 Å². The van der Waals surface area contributed by atoms with E-state index in [1.807, 2.05) is 18.2 Å². The van der Waals surface area contributed by atoms with Crippen LogP contribution in [0.25, 0.3) is 0 Å². The zero-order chi connectivity index (χ0) is 20.3. The van der Waals surface area contributed by atoms with Crippen molar-refractivity contribution in [2.75, 3.05) is 34.4 Å². The summed E-state index contributed by atoms with van der Waals surface area (Å²) in [5.41, 5.74) is 0.981. The molecule has 0 aliphatic carbocycles. The number of methoxy groups -OCH3 is 3. The first-order valence-corrected chi connectivity index (χ1v) is 10.6. The number of nitrogens with zero attached hydrogens (tertiary/aromatic N) is 1. The lowest BCUT2D eigenvalue weighted by Crippen LogP contribution is -2.41. The van der Waals surface area contributed by atoms with E-state index in [1.54, 1.807) is 32.7 Å². The lowest BCUT2D eigenvalue weighted by Gasteiger charge is -2.37. The molecule has 1 saturated heterocycles. The number of carbonyl (C=O) groups is 1. The fourth-order valence-electron chi connectivity index (χ4n) is 3.73. The zero-order valence-corrected chi connectivity index (χ0v) is 18.5. The van der Waals surface area contributed by atoms with E-state index in [-0.39, 0.29) is 12.0 Å². The first-order valence-electron chi connectivity index (χ1n) is 9.00. The molecule has 28 heavy (non-hydrogen) atoms. The largest absolute Gasteiger partial charge is 0.493 e. The van der Waals surface area contributed by atoms with Crippen LogP contribution >= 0.6 is 27.3 Å². The molecule has 0 amide bonds. The van der Waals surface area contributed by atoms with E-state index < -0.39 is 5.97 Å². The van der Waals surface area contributed by atoms with Gasteiger partial charge in [0.2, 0.25) is 5.75 Å². The second kappa shape index (κ2) is 9.15. The molecule has 2 unspecified atom stereocenters. The van der Waals surface area contributed by atoms with E-state index >= 15 is 0 Å². The number of carboxylic acids is 1. The Kier molecular flexibility index (Phi) is 6.85. The van der Waals surface area contributed by atoms with Crippen LogP contribution in [0.4, 0.5) is 0 Å². The van der Waals surface area contributed by atoms with Gasteiger partial charge < -0.3 is 19.3 Å². The molecule has 2 atom stereocenters. The summed E-state index contributed by atoms with van der Waals surface area (Å²) in [6.07, 6.45) is 1.56. The highest BCUT2D eigenvalue weighted by atomic mass is 79.9. The molecule has 0 saturated carbocycles. The summed E-state index contributed by atoms with van der Waals surface area (Å²) in [5, 5.41) is 9.53. The maximum Gasteiger partial charge on any atom is 0.307 e. The van der Waals surface area contributed by atoms with Gasteiger partial charge in [-0.15, -0.1) is 11.3 Å². The summed E-state index contributed by atoms with van der Waals surface area (Å²) < 4.78 is 17.6. The van der Waals surface area contributed by atoms with Gasteiger partial charge in [-0.2, -0.15) is 0 Å². The molecule has 1 aromatic carbocycles. The van der Waals surface area contributed by atoms with Crippen LogP contribution in [0.3, 0.4) is 0 Å². The molecule has 2 heterocycles. The molecule has 6 nitrogen and oxygen atoms in total. The Morgan fingerprint density at radius 1 is 1.21 bits per heavy atom. The molecule has 1 aliphatic heterocycles. The fraction of sp³-hybridized carbons (Fsp3) is 0.450. The molecular weight excluding hydrogens is 446 g/mol. The molecule has 152 valence electrons. The third-order valence-electron chi connectivity index (χ3n) is 5.03. The summed E-state index contributed by atoms with van der Waals surface area (Å²) in [4.78, 5) is 15.0. The van der Waals surface area contributed by atoms with Gasteiger partial charge in [0.05, 0.1) is 37.1 Å². The van der Waals surface area contributed by atoms with Crippen molar-refractivity contribution in [2.45, 2.75) is 18.9 Å². The van der Waals surface area contributed by atoms with E-state index in [1.165, 1.54) is 0 Å². The van der Waals surface area contributed by atoms with Crippen LogP contribution in [0, 0.1) is 5.92 Å². The Hall–Kier alpha value is -1.77. The molecule has 1 fully saturated rings.